The number of hydrogen-bond donors (Lipinski definition) is 2. The summed E-state index contributed by atoms with van der Waals surface area (Å²) in [6, 6.07) is 16.0. The first kappa shape index (κ1) is 23.8. The fraction of sp³-hybridized carbons (Fsp3) is 0.444. The van der Waals surface area contributed by atoms with Crippen molar-refractivity contribution >= 4 is 18.0 Å². The summed E-state index contributed by atoms with van der Waals surface area (Å²) < 4.78 is 5.67. The molecule has 0 aromatic heterocycles. The highest BCUT2D eigenvalue weighted by Gasteiger charge is 2.36. The van der Waals surface area contributed by atoms with Gasteiger partial charge in [-0.1, -0.05) is 68.3 Å². The van der Waals surface area contributed by atoms with E-state index in [1.807, 2.05) is 31.2 Å². The third kappa shape index (κ3) is 5.08. The molecule has 0 saturated heterocycles. The van der Waals surface area contributed by atoms with Gasteiger partial charge in [-0.15, -0.1) is 0 Å². The number of aliphatic carboxylic acids is 1. The van der Waals surface area contributed by atoms with Crippen LogP contribution in [0.4, 0.5) is 4.79 Å². The van der Waals surface area contributed by atoms with Gasteiger partial charge in [-0.2, -0.15) is 0 Å². The van der Waals surface area contributed by atoms with Gasteiger partial charge in [-0.05, 0) is 41.5 Å². The van der Waals surface area contributed by atoms with Crippen LogP contribution in [-0.4, -0.2) is 53.7 Å². The van der Waals surface area contributed by atoms with Crippen molar-refractivity contribution in [1.82, 2.24) is 10.2 Å². The van der Waals surface area contributed by atoms with Gasteiger partial charge in [-0.3, -0.25) is 9.59 Å². The second-order valence-electron chi connectivity index (χ2n) is 9.12. The molecule has 34 heavy (non-hydrogen) atoms. The fourth-order valence-electron chi connectivity index (χ4n) is 5.33. The number of carboxylic acid groups (broad SMARTS) is 1. The van der Waals surface area contributed by atoms with E-state index in [-0.39, 0.29) is 31.0 Å². The Labute approximate surface area is 200 Å². The molecule has 2 amide bonds. The molecule has 0 bridgehead atoms. The van der Waals surface area contributed by atoms with Crippen LogP contribution in [0.5, 0.6) is 0 Å². The maximum atomic E-state index is 13.1. The van der Waals surface area contributed by atoms with Crippen LogP contribution in [0.1, 0.15) is 56.1 Å². The predicted octanol–water partition coefficient (Wildman–Crippen LogP) is 4.41. The maximum absolute atomic E-state index is 13.1. The van der Waals surface area contributed by atoms with Crippen molar-refractivity contribution in [3.63, 3.8) is 0 Å². The lowest BCUT2D eigenvalue weighted by Crippen LogP contribution is -2.50. The molecule has 2 atom stereocenters. The Morgan fingerprint density at radius 3 is 2.24 bits per heavy atom. The Balaban J connectivity index is 1.41. The van der Waals surface area contributed by atoms with Crippen molar-refractivity contribution in [3.05, 3.63) is 59.7 Å². The normalized spacial score (nSPS) is 19.1. The smallest absolute Gasteiger partial charge is 0.407 e. The molecule has 2 aliphatic rings. The first-order chi connectivity index (χ1) is 16.5. The fourth-order valence-corrected chi connectivity index (χ4v) is 5.33. The first-order valence-corrected chi connectivity index (χ1v) is 12.1. The Hall–Kier alpha value is -3.35. The highest BCUT2D eigenvalue weighted by Crippen LogP contribution is 2.44. The van der Waals surface area contributed by atoms with Crippen LogP contribution in [-0.2, 0) is 14.3 Å². The largest absolute Gasteiger partial charge is 0.480 e. The lowest BCUT2D eigenvalue weighted by Gasteiger charge is -2.34. The minimum absolute atomic E-state index is 0.0300. The minimum Gasteiger partial charge on any atom is -0.480 e. The van der Waals surface area contributed by atoms with Gasteiger partial charge in [0, 0.05) is 18.5 Å². The highest BCUT2D eigenvalue weighted by molar-refractivity contribution is 5.84. The van der Waals surface area contributed by atoms with E-state index in [0.717, 1.165) is 24.0 Å². The van der Waals surface area contributed by atoms with Crippen molar-refractivity contribution in [2.75, 3.05) is 19.7 Å². The number of nitrogens with one attached hydrogen (secondary N) is 1. The standard InChI is InChI=1S/C27H32N2O5/c1-2-15-29(16-25(30)31)26(32)22-13-7-8-14-24(22)28-27(33)34-17-23-20-11-5-3-9-18(20)19-10-4-6-12-21(19)23/h3-6,9-12,22-24H,2,7-8,13-17H2,1H3,(H,28,33)(H,30,31)/t22-,24+/m0/s1. The van der Waals surface area contributed by atoms with Crippen molar-refractivity contribution in [2.24, 2.45) is 5.92 Å². The second kappa shape index (κ2) is 10.7. The number of hydrogen-bond acceptors (Lipinski definition) is 4. The molecular weight excluding hydrogens is 432 g/mol. The summed E-state index contributed by atoms with van der Waals surface area (Å²) in [7, 11) is 0. The SMILES string of the molecule is CCCN(CC(=O)O)C(=O)[C@H]1CCCC[C@H]1NC(=O)OCC1c2ccccc2-c2ccccc21. The maximum Gasteiger partial charge on any atom is 0.407 e. The van der Waals surface area contributed by atoms with E-state index in [0.29, 0.717) is 25.8 Å². The van der Waals surface area contributed by atoms with E-state index in [1.54, 1.807) is 0 Å². The third-order valence-corrected chi connectivity index (χ3v) is 6.86. The Morgan fingerprint density at radius 2 is 1.62 bits per heavy atom. The number of benzene rings is 2. The van der Waals surface area contributed by atoms with Gasteiger partial charge >= 0.3 is 12.1 Å². The van der Waals surface area contributed by atoms with Crippen LogP contribution in [0.15, 0.2) is 48.5 Å². The molecule has 0 aliphatic heterocycles. The number of nitrogens with zero attached hydrogens (tertiary/aromatic N) is 1. The van der Waals surface area contributed by atoms with Gasteiger partial charge in [0.1, 0.15) is 13.2 Å². The van der Waals surface area contributed by atoms with Crippen LogP contribution in [0.3, 0.4) is 0 Å². The molecular formula is C27H32N2O5. The first-order valence-electron chi connectivity index (χ1n) is 12.1. The summed E-state index contributed by atoms with van der Waals surface area (Å²) in [6.45, 7) is 2.20. The predicted molar refractivity (Wildman–Crippen MR) is 128 cm³/mol. The molecule has 2 aromatic carbocycles. The molecule has 0 heterocycles. The van der Waals surface area contributed by atoms with E-state index < -0.39 is 18.0 Å². The average Bonchev–Trinajstić information content (AvgIpc) is 3.16. The summed E-state index contributed by atoms with van der Waals surface area (Å²) in [5, 5.41) is 12.1. The monoisotopic (exact) mass is 464 g/mol. The molecule has 0 spiro atoms. The molecule has 2 N–H and O–H groups in total. The minimum atomic E-state index is -1.03. The van der Waals surface area contributed by atoms with Gasteiger partial charge in [0.25, 0.3) is 0 Å². The van der Waals surface area contributed by atoms with E-state index in [4.69, 9.17) is 4.74 Å². The van der Waals surface area contributed by atoms with Crippen LogP contribution in [0.25, 0.3) is 11.1 Å². The number of fused-ring (bicyclic) bond motifs is 3. The van der Waals surface area contributed by atoms with Gasteiger partial charge in [-0.25, -0.2) is 4.79 Å². The van der Waals surface area contributed by atoms with Crippen molar-refractivity contribution in [2.45, 2.75) is 51.0 Å². The summed E-state index contributed by atoms with van der Waals surface area (Å²) in [5.41, 5.74) is 4.62. The molecule has 1 fully saturated rings. The zero-order valence-electron chi connectivity index (χ0n) is 19.5. The molecule has 180 valence electrons. The van der Waals surface area contributed by atoms with Crippen molar-refractivity contribution in [1.29, 1.82) is 0 Å². The van der Waals surface area contributed by atoms with Crippen molar-refractivity contribution < 1.29 is 24.2 Å². The number of alkyl carbamates (subject to hydrolysis) is 1. The topological polar surface area (TPSA) is 95.9 Å². The van der Waals surface area contributed by atoms with E-state index in [1.165, 1.54) is 16.0 Å². The summed E-state index contributed by atoms with van der Waals surface area (Å²) in [4.78, 5) is 38.5. The van der Waals surface area contributed by atoms with E-state index >= 15 is 0 Å². The molecule has 1 saturated carbocycles. The second-order valence-corrected chi connectivity index (χ2v) is 9.12. The summed E-state index contributed by atoms with van der Waals surface area (Å²) in [6.07, 6.45) is 3.24. The van der Waals surface area contributed by atoms with Gasteiger partial charge in [0.2, 0.25) is 5.91 Å². The Morgan fingerprint density at radius 1 is 1.00 bits per heavy atom. The lowest BCUT2D eigenvalue weighted by atomic mass is 9.83. The summed E-state index contributed by atoms with van der Waals surface area (Å²) >= 11 is 0. The molecule has 7 nitrogen and oxygen atoms in total. The molecule has 2 aliphatic carbocycles. The van der Waals surface area contributed by atoms with Crippen LogP contribution < -0.4 is 5.32 Å². The van der Waals surface area contributed by atoms with Crippen LogP contribution in [0, 0.1) is 5.92 Å². The van der Waals surface area contributed by atoms with E-state index in [2.05, 4.69) is 29.6 Å². The zero-order chi connectivity index (χ0) is 24.1. The van der Waals surface area contributed by atoms with Crippen LogP contribution in [0.2, 0.25) is 0 Å². The van der Waals surface area contributed by atoms with Crippen LogP contribution >= 0.6 is 0 Å². The third-order valence-electron chi connectivity index (χ3n) is 6.86. The Bertz CT molecular complexity index is 1010. The van der Waals surface area contributed by atoms with Crippen molar-refractivity contribution in [3.8, 4) is 11.1 Å². The number of ether oxygens (including phenoxy) is 1. The number of carbonyl (C=O) groups excluding carboxylic acids is 2. The number of carboxylic acids is 1. The Kier molecular flexibility index (Phi) is 7.50. The van der Waals surface area contributed by atoms with Gasteiger partial charge < -0.3 is 20.1 Å². The highest BCUT2D eigenvalue weighted by atomic mass is 16.5. The average molecular weight is 465 g/mol. The zero-order valence-corrected chi connectivity index (χ0v) is 19.5. The van der Waals surface area contributed by atoms with Gasteiger partial charge in [0.05, 0.1) is 5.92 Å². The number of carbonyl (C=O) groups is 3. The lowest BCUT2D eigenvalue weighted by molar-refractivity contribution is -0.147. The quantitative estimate of drug-likeness (QED) is 0.603. The molecule has 0 unspecified atom stereocenters. The molecule has 7 heteroatoms. The summed E-state index contributed by atoms with van der Waals surface area (Å²) in [5.74, 6) is -1.69. The van der Waals surface area contributed by atoms with E-state index in [9.17, 15) is 19.5 Å². The number of amides is 2. The van der Waals surface area contributed by atoms with Gasteiger partial charge in [0.15, 0.2) is 0 Å². The number of rotatable bonds is 8. The molecule has 4 rings (SSSR count). The molecule has 0 radical (unpaired) electrons. The molecule has 2 aromatic rings.